The van der Waals surface area contributed by atoms with E-state index in [1.165, 1.54) is 47.0 Å². The first-order valence-corrected chi connectivity index (χ1v) is 11.7. The quantitative estimate of drug-likeness (QED) is 0.451. The summed E-state index contributed by atoms with van der Waals surface area (Å²) in [6, 6.07) is 14.1. The average Bonchev–Trinajstić information content (AvgIpc) is 3.17. The van der Waals surface area contributed by atoms with E-state index in [0.717, 1.165) is 35.8 Å². The molecule has 0 unspecified atom stereocenters. The Morgan fingerprint density at radius 1 is 0.938 bits per heavy atom. The van der Waals surface area contributed by atoms with Crippen LogP contribution in [0.2, 0.25) is 0 Å². The fourth-order valence-electron chi connectivity index (χ4n) is 4.86. The van der Waals surface area contributed by atoms with Crippen LogP contribution in [0.4, 0.5) is 23.7 Å². The summed E-state index contributed by atoms with van der Waals surface area (Å²) >= 11 is 1.77. The maximum atomic E-state index is 13.4. The number of nitrogens with one attached hydrogen (secondary N) is 1. The van der Waals surface area contributed by atoms with Crippen molar-refractivity contribution in [3.63, 3.8) is 0 Å². The van der Waals surface area contributed by atoms with Gasteiger partial charge in [-0.25, -0.2) is 4.79 Å². The second-order valence-electron chi connectivity index (χ2n) is 8.28. The molecule has 0 spiro atoms. The number of hydrogen-bond acceptors (Lipinski definition) is 2. The summed E-state index contributed by atoms with van der Waals surface area (Å²) in [6.07, 6.45) is 0.711. The Morgan fingerprint density at radius 2 is 1.66 bits per heavy atom. The van der Waals surface area contributed by atoms with E-state index in [4.69, 9.17) is 0 Å². The van der Waals surface area contributed by atoms with E-state index in [9.17, 15) is 18.0 Å². The monoisotopic (exact) mass is 456 g/mol. The van der Waals surface area contributed by atoms with E-state index in [1.54, 1.807) is 16.2 Å². The van der Waals surface area contributed by atoms with E-state index in [-0.39, 0.29) is 11.7 Å². The molecule has 1 atom stereocenters. The Hall–Kier alpha value is -2.80. The molecule has 32 heavy (non-hydrogen) atoms. The van der Waals surface area contributed by atoms with Crippen molar-refractivity contribution in [1.82, 2.24) is 4.90 Å². The van der Waals surface area contributed by atoms with Gasteiger partial charge in [0, 0.05) is 16.3 Å². The topological polar surface area (TPSA) is 32.3 Å². The van der Waals surface area contributed by atoms with Crippen LogP contribution in [0.15, 0.2) is 54.6 Å². The number of amides is 2. The fourth-order valence-corrected chi connectivity index (χ4v) is 6.45. The largest absolute Gasteiger partial charge is 0.418 e. The SMILES string of the molecule is O=C(Nc1ccccc1C(F)(F)F)N1CCc2c(sc3c2CCCC3)[C@@H]1c1ccccc1. The van der Waals surface area contributed by atoms with Crippen LogP contribution in [0.5, 0.6) is 0 Å². The molecule has 0 saturated carbocycles. The second kappa shape index (κ2) is 8.28. The van der Waals surface area contributed by atoms with Gasteiger partial charge < -0.3 is 10.2 Å². The van der Waals surface area contributed by atoms with Gasteiger partial charge in [-0.05, 0) is 60.9 Å². The van der Waals surface area contributed by atoms with E-state index < -0.39 is 17.8 Å². The summed E-state index contributed by atoms with van der Waals surface area (Å²) in [4.78, 5) is 17.6. The number of benzene rings is 2. The zero-order valence-electron chi connectivity index (χ0n) is 17.4. The van der Waals surface area contributed by atoms with Crippen molar-refractivity contribution in [3.05, 3.63) is 86.6 Å². The van der Waals surface area contributed by atoms with Crippen LogP contribution in [0.3, 0.4) is 0 Å². The molecule has 0 fully saturated rings. The van der Waals surface area contributed by atoms with Crippen molar-refractivity contribution >= 4 is 23.1 Å². The Kier molecular flexibility index (Phi) is 5.45. The zero-order valence-corrected chi connectivity index (χ0v) is 18.2. The highest BCUT2D eigenvalue weighted by atomic mass is 32.1. The maximum Gasteiger partial charge on any atom is 0.418 e. The summed E-state index contributed by atoms with van der Waals surface area (Å²) in [5, 5.41) is 2.55. The van der Waals surface area contributed by atoms with Gasteiger partial charge >= 0.3 is 12.2 Å². The number of anilines is 1. The number of alkyl halides is 3. The number of aryl methyl sites for hydroxylation is 1. The number of para-hydroxylation sites is 1. The van der Waals surface area contributed by atoms with Gasteiger partial charge in [-0.15, -0.1) is 11.3 Å². The van der Waals surface area contributed by atoms with Crippen molar-refractivity contribution in [3.8, 4) is 0 Å². The van der Waals surface area contributed by atoms with Gasteiger partial charge in [-0.2, -0.15) is 13.2 Å². The molecule has 7 heteroatoms. The van der Waals surface area contributed by atoms with E-state index in [1.807, 2.05) is 30.3 Å². The molecule has 166 valence electrons. The normalized spacial score (nSPS) is 18.1. The number of rotatable bonds is 2. The number of fused-ring (bicyclic) bond motifs is 3. The van der Waals surface area contributed by atoms with Gasteiger partial charge in [0.15, 0.2) is 0 Å². The predicted octanol–water partition coefficient (Wildman–Crippen LogP) is 6.83. The van der Waals surface area contributed by atoms with Crippen molar-refractivity contribution in [2.24, 2.45) is 0 Å². The first-order valence-electron chi connectivity index (χ1n) is 10.9. The summed E-state index contributed by atoms with van der Waals surface area (Å²) in [5.74, 6) is 0. The molecule has 2 aromatic carbocycles. The Bertz CT molecular complexity index is 1140. The third-order valence-corrected chi connectivity index (χ3v) is 7.71. The lowest BCUT2D eigenvalue weighted by Gasteiger charge is -2.36. The number of halogens is 3. The average molecular weight is 457 g/mol. The molecule has 3 aromatic rings. The minimum absolute atomic E-state index is 0.215. The lowest BCUT2D eigenvalue weighted by atomic mass is 9.88. The molecule has 1 aliphatic carbocycles. The molecule has 0 radical (unpaired) electrons. The van der Waals surface area contributed by atoms with Gasteiger partial charge in [0.1, 0.15) is 0 Å². The predicted molar refractivity (Wildman–Crippen MR) is 120 cm³/mol. The summed E-state index contributed by atoms with van der Waals surface area (Å²) in [5.41, 5.74) is 2.71. The maximum absolute atomic E-state index is 13.4. The van der Waals surface area contributed by atoms with Crippen LogP contribution in [-0.2, 0) is 25.4 Å². The standard InChI is InChI=1S/C25H23F3N2OS/c26-25(27,28)19-11-5-6-12-20(19)29-24(31)30-15-14-18-17-10-4-7-13-21(17)32-23(18)22(30)16-8-2-1-3-9-16/h1-3,5-6,8-9,11-12,22H,4,7,10,13-15H2,(H,29,31)/t22-/m0/s1. The highest BCUT2D eigenvalue weighted by molar-refractivity contribution is 7.12. The summed E-state index contributed by atoms with van der Waals surface area (Å²) in [6.45, 7) is 0.468. The first-order chi connectivity index (χ1) is 15.4. The number of thiophene rings is 1. The second-order valence-corrected chi connectivity index (χ2v) is 9.42. The number of urea groups is 1. The number of carbonyl (C=O) groups is 1. The molecular weight excluding hydrogens is 433 g/mol. The van der Waals surface area contributed by atoms with Crippen LogP contribution in [-0.4, -0.2) is 17.5 Å². The van der Waals surface area contributed by atoms with Crippen LogP contribution in [0.1, 0.15) is 50.9 Å². The smallest absolute Gasteiger partial charge is 0.312 e. The summed E-state index contributed by atoms with van der Waals surface area (Å²) in [7, 11) is 0. The van der Waals surface area contributed by atoms with Gasteiger partial charge in [0.25, 0.3) is 0 Å². The third-order valence-electron chi connectivity index (χ3n) is 6.33. The minimum Gasteiger partial charge on any atom is -0.312 e. The van der Waals surface area contributed by atoms with Crippen LogP contribution in [0, 0.1) is 0 Å². The molecule has 1 N–H and O–H groups in total. The van der Waals surface area contributed by atoms with Gasteiger partial charge in [0.2, 0.25) is 0 Å². The molecule has 0 bridgehead atoms. The molecule has 2 aliphatic rings. The van der Waals surface area contributed by atoms with Gasteiger partial charge in [0.05, 0.1) is 17.3 Å². The molecule has 0 saturated heterocycles. The van der Waals surface area contributed by atoms with Crippen LogP contribution < -0.4 is 5.32 Å². The van der Waals surface area contributed by atoms with Gasteiger partial charge in [-0.3, -0.25) is 0 Å². The Balaban J connectivity index is 1.53. The minimum atomic E-state index is -4.54. The molecule has 5 rings (SSSR count). The molecule has 3 nitrogen and oxygen atoms in total. The van der Waals surface area contributed by atoms with Crippen molar-refractivity contribution < 1.29 is 18.0 Å². The molecule has 1 aromatic heterocycles. The fraction of sp³-hybridized carbons (Fsp3) is 0.320. The lowest BCUT2D eigenvalue weighted by Crippen LogP contribution is -2.42. The highest BCUT2D eigenvalue weighted by Gasteiger charge is 2.38. The number of nitrogens with zero attached hydrogens (tertiary/aromatic N) is 1. The van der Waals surface area contributed by atoms with Crippen LogP contribution in [0.25, 0.3) is 0 Å². The molecular formula is C25H23F3N2OS. The first kappa shape index (κ1) is 21.1. The van der Waals surface area contributed by atoms with Crippen molar-refractivity contribution in [2.75, 3.05) is 11.9 Å². The van der Waals surface area contributed by atoms with Crippen molar-refractivity contribution in [1.29, 1.82) is 0 Å². The van der Waals surface area contributed by atoms with E-state index in [0.29, 0.717) is 6.54 Å². The molecule has 2 amide bonds. The molecule has 1 aliphatic heterocycles. The van der Waals surface area contributed by atoms with Gasteiger partial charge in [-0.1, -0.05) is 42.5 Å². The number of carbonyl (C=O) groups excluding carboxylic acids is 1. The van der Waals surface area contributed by atoms with Crippen LogP contribution >= 0.6 is 11.3 Å². The van der Waals surface area contributed by atoms with Crippen molar-refractivity contribution in [2.45, 2.75) is 44.3 Å². The third kappa shape index (κ3) is 3.79. The van der Waals surface area contributed by atoms with E-state index in [2.05, 4.69) is 5.32 Å². The lowest BCUT2D eigenvalue weighted by molar-refractivity contribution is -0.136. The summed E-state index contributed by atoms with van der Waals surface area (Å²) < 4.78 is 40.3. The molecule has 2 heterocycles. The Morgan fingerprint density at radius 3 is 2.44 bits per heavy atom. The Labute approximate surface area is 188 Å². The highest BCUT2D eigenvalue weighted by Crippen LogP contribution is 2.45. The zero-order chi connectivity index (χ0) is 22.3. The van der Waals surface area contributed by atoms with E-state index >= 15 is 0 Å². The number of hydrogen-bond donors (Lipinski definition) is 1.